The highest BCUT2D eigenvalue weighted by molar-refractivity contribution is 7.80. The maximum atomic E-state index is 14.8. The van der Waals surface area contributed by atoms with Crippen LogP contribution >= 0.6 is 25.3 Å². The lowest BCUT2D eigenvalue weighted by molar-refractivity contribution is -0.137. The number of aliphatic hydroxyl groups is 2. The number of guanidine groups is 1. The molecule has 1 aromatic heterocycles. The van der Waals surface area contributed by atoms with Crippen molar-refractivity contribution in [3.05, 3.63) is 71.9 Å². The lowest BCUT2D eigenvalue weighted by Crippen LogP contribution is -2.62. The zero-order chi connectivity index (χ0) is 65.8. The molecule has 3 rings (SSSR count). The molecule has 0 aliphatic heterocycles. The van der Waals surface area contributed by atoms with Crippen molar-refractivity contribution >= 4 is 95.3 Å². The predicted molar refractivity (Wildman–Crippen MR) is 350 cm³/mol. The molecule has 0 aliphatic carbocycles. The molecule has 0 aliphatic rings. The number of nitrogens with zero attached hydrogens (tertiary/aromatic N) is 2. The number of aliphatic hydroxyl groups excluding tert-OH is 2. The van der Waals surface area contributed by atoms with Crippen LogP contribution < -0.4 is 65.5 Å². The topological polar surface area (TPSA) is 426 Å². The van der Waals surface area contributed by atoms with Gasteiger partial charge in [-0.1, -0.05) is 101 Å². The Morgan fingerprint density at radius 1 is 0.573 bits per heavy atom. The van der Waals surface area contributed by atoms with Crippen LogP contribution in [0.4, 0.5) is 0 Å². The second kappa shape index (κ2) is 42.1. The molecule has 0 saturated heterocycles. The van der Waals surface area contributed by atoms with Gasteiger partial charge in [0, 0.05) is 61.1 Å². The summed E-state index contributed by atoms with van der Waals surface area (Å²) in [5.74, 6) is -7.79. The number of carbonyl (C=O) groups excluding carboxylic acids is 9. The molecular weight excluding hydrogens is 1180 g/mol. The van der Waals surface area contributed by atoms with Gasteiger partial charge in [-0.05, 0) is 89.0 Å². The quantitative estimate of drug-likeness (QED) is 0.0153. The Morgan fingerprint density at radius 3 is 1.67 bits per heavy atom. The van der Waals surface area contributed by atoms with E-state index in [1.54, 1.807) is 42.6 Å². The number of amides is 9. The number of aromatic nitrogens is 1. The fourth-order valence-electron chi connectivity index (χ4n) is 9.60. The molecule has 28 heteroatoms. The van der Waals surface area contributed by atoms with E-state index < -0.39 is 120 Å². The minimum absolute atomic E-state index is 0.0314. The van der Waals surface area contributed by atoms with Crippen LogP contribution in [0.15, 0.2) is 65.8 Å². The van der Waals surface area contributed by atoms with Gasteiger partial charge >= 0.3 is 0 Å². The molecule has 0 spiro atoms. The summed E-state index contributed by atoms with van der Waals surface area (Å²) in [7, 11) is 0. The molecule has 9 amide bonds. The van der Waals surface area contributed by atoms with Crippen LogP contribution in [-0.4, -0.2) is 184 Å². The van der Waals surface area contributed by atoms with E-state index in [1.165, 1.54) is 26.7 Å². The minimum Gasteiger partial charge on any atom is -0.391 e. The minimum atomic E-state index is -1.72. The second-order valence-corrected chi connectivity index (χ2v) is 23.0. The summed E-state index contributed by atoms with van der Waals surface area (Å²) in [4.78, 5) is 133. The Bertz CT molecular complexity index is 2710. The standard InChI is InChI=1S/C61H99N15O11S2/c1-5-7-9-20-30-76(31-21-10-8-6-2)61(65)66-29-19-17-25-43(63)54(81)68-35-50(79)69-48(36-88)58(85)71-46(32-40-22-12-11-13-23-40)56(83)72-47(33-41-34-67-44-26-15-14-24-42(41)44)57(84)70-45(27-16-18-28-62)55(82)75-52(39(4)78)60(87)73-49(37-89)59(86)74-51(38(3)77)53(64)80/h11-15,22-24,26,34,38-39,43,45-49,51-52,67,77-78,88-89H,5-10,16-21,25,27-33,35-37,62-63H2,1-4H3,(H2,64,80)(H2,65,66)(H,68,81)(H,69,79)(H,70,84)(H,71,85)(H,72,83)(H,73,87)(H,74,86)(H,75,82)/t38-,39-,43+,45+,46+,47-,48+,49+,51+,52+/m1/s1. The highest BCUT2D eigenvalue weighted by Gasteiger charge is 2.36. The molecule has 89 heavy (non-hydrogen) atoms. The average molecular weight is 1280 g/mol. The molecule has 10 atom stereocenters. The van der Waals surface area contributed by atoms with Crippen LogP contribution in [0.5, 0.6) is 0 Å². The van der Waals surface area contributed by atoms with Gasteiger partial charge in [0.15, 0.2) is 5.96 Å². The maximum Gasteiger partial charge on any atom is 0.245 e. The summed E-state index contributed by atoms with van der Waals surface area (Å²) in [6.45, 7) is 8.68. The molecule has 19 N–H and O–H groups in total. The normalized spacial score (nSPS) is 14.9. The summed E-state index contributed by atoms with van der Waals surface area (Å²) in [5, 5.41) is 41.9. The van der Waals surface area contributed by atoms with Crippen LogP contribution in [0.2, 0.25) is 0 Å². The molecule has 0 saturated carbocycles. The number of fused-ring (bicyclic) bond motifs is 1. The summed E-state index contributed by atoms with van der Waals surface area (Å²) in [6, 6.07) is 4.80. The molecule has 1 heterocycles. The number of nitrogens with one attached hydrogen (secondary N) is 9. The van der Waals surface area contributed by atoms with E-state index in [-0.39, 0.29) is 37.3 Å². The largest absolute Gasteiger partial charge is 0.391 e. The molecule has 0 unspecified atom stereocenters. The highest BCUT2D eigenvalue weighted by atomic mass is 32.1. The van der Waals surface area contributed by atoms with Crippen LogP contribution in [0, 0.1) is 0 Å². The van der Waals surface area contributed by atoms with Gasteiger partial charge in [-0.2, -0.15) is 25.3 Å². The number of unbranched alkanes of at least 4 members (excludes halogenated alkanes) is 8. The molecule has 0 radical (unpaired) electrons. The van der Waals surface area contributed by atoms with Crippen molar-refractivity contribution in [3.8, 4) is 0 Å². The van der Waals surface area contributed by atoms with Crippen LogP contribution in [0.25, 0.3) is 10.9 Å². The molecule has 496 valence electrons. The fourth-order valence-corrected chi connectivity index (χ4v) is 10.1. The van der Waals surface area contributed by atoms with E-state index in [9.17, 15) is 53.4 Å². The Morgan fingerprint density at radius 2 is 1.09 bits per heavy atom. The summed E-state index contributed by atoms with van der Waals surface area (Å²) in [5.41, 5.74) is 25.7. The number of rotatable bonds is 44. The number of benzene rings is 2. The monoisotopic (exact) mass is 1280 g/mol. The number of aliphatic imine (C=N–C) groups is 1. The number of primary amides is 1. The third kappa shape index (κ3) is 27.8. The van der Waals surface area contributed by atoms with Gasteiger partial charge < -0.3 is 85.6 Å². The molecule has 3 aromatic rings. The van der Waals surface area contributed by atoms with Crippen molar-refractivity contribution < 1.29 is 53.4 Å². The van der Waals surface area contributed by atoms with Gasteiger partial charge in [-0.25, -0.2) is 0 Å². The average Bonchev–Trinajstić information content (AvgIpc) is 2.78. The van der Waals surface area contributed by atoms with Crippen LogP contribution in [0.1, 0.15) is 129 Å². The summed E-state index contributed by atoms with van der Waals surface area (Å²) < 4.78 is 0. The number of H-pyrrole nitrogens is 1. The van der Waals surface area contributed by atoms with Crippen molar-refractivity contribution in [3.63, 3.8) is 0 Å². The Labute approximate surface area is 533 Å². The first-order valence-electron chi connectivity index (χ1n) is 30.9. The maximum absolute atomic E-state index is 14.8. The van der Waals surface area contributed by atoms with Crippen molar-refractivity contribution in [2.45, 2.75) is 191 Å². The number of nitrogens with two attached hydrogens (primary N) is 4. The van der Waals surface area contributed by atoms with Crippen LogP contribution in [-0.2, 0) is 56.0 Å². The first-order valence-corrected chi connectivity index (χ1v) is 32.2. The number of aromatic amines is 1. The smallest absolute Gasteiger partial charge is 0.245 e. The van der Waals surface area contributed by atoms with E-state index in [2.05, 4.69) is 96.5 Å². The van der Waals surface area contributed by atoms with Crippen molar-refractivity contribution in [2.75, 3.05) is 44.2 Å². The summed E-state index contributed by atoms with van der Waals surface area (Å²) >= 11 is 8.46. The van der Waals surface area contributed by atoms with Crippen LogP contribution in [0.3, 0.4) is 0 Å². The highest BCUT2D eigenvalue weighted by Crippen LogP contribution is 2.20. The Balaban J connectivity index is 1.79. The molecule has 0 bridgehead atoms. The van der Waals surface area contributed by atoms with Gasteiger partial charge in [-0.15, -0.1) is 0 Å². The van der Waals surface area contributed by atoms with Gasteiger partial charge in [0.1, 0.15) is 42.3 Å². The van der Waals surface area contributed by atoms with E-state index >= 15 is 0 Å². The third-order valence-electron chi connectivity index (χ3n) is 14.9. The first-order chi connectivity index (χ1) is 42.6. The fraction of sp³-hybridized carbons (Fsp3) is 0.607. The SMILES string of the molecule is CCCCCCN(CCCCCC)C(N)=NCCCC[C@H](N)C(=O)NCC(=O)N[C@@H](CS)C(=O)N[C@@H](Cc1ccccc1)C(=O)N[C@H](Cc1c[nH]c2ccccc12)C(=O)N[C@@H](CCCCN)C(=O)N[C@H](C(=O)N[C@@H](CS)C(=O)N[C@H](C(N)=O)[C@@H](C)O)[C@@H](C)O. The second-order valence-electron chi connectivity index (χ2n) is 22.3. The van der Waals surface area contributed by atoms with E-state index in [0.717, 1.165) is 62.5 Å². The lowest BCUT2D eigenvalue weighted by atomic mass is 10.0. The van der Waals surface area contributed by atoms with E-state index in [0.29, 0.717) is 55.7 Å². The van der Waals surface area contributed by atoms with Crippen molar-refractivity contribution in [1.82, 2.24) is 52.4 Å². The number of hydrogen-bond acceptors (Lipinski definition) is 16. The molecule has 0 fully saturated rings. The number of carbonyl (C=O) groups is 9. The number of para-hydroxylation sites is 1. The zero-order valence-electron chi connectivity index (χ0n) is 52.0. The Kier molecular flexibility index (Phi) is 36.1. The van der Waals surface area contributed by atoms with E-state index in [1.807, 2.05) is 18.2 Å². The molecule has 2 aromatic carbocycles. The third-order valence-corrected chi connectivity index (χ3v) is 15.6. The van der Waals surface area contributed by atoms with Crippen molar-refractivity contribution in [2.24, 2.45) is 27.9 Å². The summed E-state index contributed by atoms with van der Waals surface area (Å²) in [6.07, 6.45) is 9.71. The first kappa shape index (κ1) is 76.3. The van der Waals surface area contributed by atoms with Gasteiger partial charge in [-0.3, -0.25) is 48.1 Å². The van der Waals surface area contributed by atoms with Gasteiger partial charge in [0.05, 0.1) is 24.8 Å². The number of hydrogen-bond donors (Lipinski definition) is 17. The molecule has 26 nitrogen and oxygen atoms in total. The van der Waals surface area contributed by atoms with Gasteiger partial charge in [0.25, 0.3) is 0 Å². The number of thiol groups is 2. The zero-order valence-corrected chi connectivity index (χ0v) is 53.8. The lowest BCUT2D eigenvalue weighted by Gasteiger charge is -2.28. The predicted octanol–water partition coefficient (Wildman–Crippen LogP) is -0.0267. The molecular formula is C61H99N15O11S2. The van der Waals surface area contributed by atoms with Crippen molar-refractivity contribution in [1.29, 1.82) is 0 Å². The van der Waals surface area contributed by atoms with E-state index in [4.69, 9.17) is 22.9 Å². The Hall–Kier alpha value is -6.98. The van der Waals surface area contributed by atoms with Gasteiger partial charge in [0.2, 0.25) is 53.2 Å².